The van der Waals surface area contributed by atoms with Gasteiger partial charge in [-0.15, -0.1) is 0 Å². The van der Waals surface area contributed by atoms with Crippen LogP contribution in [0.1, 0.15) is 30.5 Å². The Hall–Kier alpha value is -0.900. The molecule has 4 nitrogen and oxygen atoms in total. The molecule has 1 fully saturated rings. The average Bonchev–Trinajstić information content (AvgIpc) is 2.75. The second-order valence-corrected chi connectivity index (χ2v) is 2.91. The Kier molecular flexibility index (Phi) is 1.42. The second kappa shape index (κ2) is 2.30. The maximum atomic E-state index is 8.89. The van der Waals surface area contributed by atoms with Crippen molar-refractivity contribution in [3.63, 3.8) is 0 Å². The van der Waals surface area contributed by atoms with Crippen LogP contribution >= 0.6 is 0 Å². The zero-order valence-corrected chi connectivity index (χ0v) is 6.49. The number of hydrogen-bond donors (Lipinski definition) is 1. The molecule has 0 radical (unpaired) electrons. The summed E-state index contributed by atoms with van der Waals surface area (Å²) in [5.41, 5.74) is 0. The highest BCUT2D eigenvalue weighted by Crippen LogP contribution is 2.34. The van der Waals surface area contributed by atoms with Crippen LogP contribution in [0.2, 0.25) is 0 Å². The van der Waals surface area contributed by atoms with Crippen LogP contribution < -0.4 is 0 Å². The van der Waals surface area contributed by atoms with Crippen molar-refractivity contribution >= 4 is 0 Å². The zero-order valence-electron chi connectivity index (χ0n) is 6.49. The van der Waals surface area contributed by atoms with Crippen LogP contribution in [0.3, 0.4) is 0 Å². The van der Waals surface area contributed by atoms with Crippen LogP contribution in [0.4, 0.5) is 0 Å². The number of nitrogens with zero attached hydrogens (tertiary/aromatic N) is 3. The van der Waals surface area contributed by atoms with Gasteiger partial charge in [0, 0.05) is 0 Å². The van der Waals surface area contributed by atoms with Gasteiger partial charge in [0.25, 0.3) is 0 Å². The predicted molar refractivity (Wildman–Crippen MR) is 39.0 cm³/mol. The van der Waals surface area contributed by atoms with Crippen LogP contribution in [0.5, 0.6) is 0 Å². The van der Waals surface area contributed by atoms with Crippen molar-refractivity contribution in [1.29, 1.82) is 0 Å². The summed E-state index contributed by atoms with van der Waals surface area (Å²) in [6.07, 6.45) is 2.35. The van der Waals surface area contributed by atoms with Gasteiger partial charge in [0.05, 0.1) is 6.04 Å². The molecule has 1 aromatic heterocycles. The van der Waals surface area contributed by atoms with Gasteiger partial charge >= 0.3 is 0 Å². The molecule has 0 aliphatic heterocycles. The van der Waals surface area contributed by atoms with Gasteiger partial charge in [-0.3, -0.25) is 0 Å². The summed E-state index contributed by atoms with van der Waals surface area (Å²) < 4.78 is 1.84. The van der Waals surface area contributed by atoms with Gasteiger partial charge in [-0.25, -0.2) is 9.67 Å². The lowest BCUT2D eigenvalue weighted by atomic mass is 10.6. The van der Waals surface area contributed by atoms with Crippen molar-refractivity contribution in [3.05, 3.63) is 11.6 Å². The van der Waals surface area contributed by atoms with Gasteiger partial charge in [-0.1, -0.05) is 0 Å². The molecule has 1 aliphatic rings. The minimum atomic E-state index is -0.00264. The maximum absolute atomic E-state index is 8.89. The second-order valence-electron chi connectivity index (χ2n) is 2.91. The van der Waals surface area contributed by atoms with E-state index in [0.717, 1.165) is 5.82 Å². The number of aromatic nitrogens is 3. The van der Waals surface area contributed by atoms with Gasteiger partial charge in [0.15, 0.2) is 5.82 Å². The standard InChI is InChI=1S/C7H11N3O/c1-5-8-7(4-11)10(9-5)6-2-3-6/h6,11H,2-4H2,1H3. The topological polar surface area (TPSA) is 50.9 Å². The molecule has 0 unspecified atom stereocenters. The third-order valence-electron chi connectivity index (χ3n) is 1.84. The summed E-state index contributed by atoms with van der Waals surface area (Å²) in [5, 5.41) is 13.1. The highest BCUT2D eigenvalue weighted by Gasteiger charge is 2.27. The fraction of sp³-hybridized carbons (Fsp3) is 0.714. The molecule has 1 saturated carbocycles. The lowest BCUT2D eigenvalue weighted by Crippen LogP contribution is -2.02. The molecule has 60 valence electrons. The summed E-state index contributed by atoms with van der Waals surface area (Å²) in [5.74, 6) is 1.45. The monoisotopic (exact) mass is 153 g/mol. The first-order chi connectivity index (χ1) is 5.31. The molecule has 0 aromatic carbocycles. The molecule has 1 aromatic rings. The van der Waals surface area contributed by atoms with Crippen molar-refractivity contribution in [2.45, 2.75) is 32.4 Å². The number of aliphatic hydroxyl groups excluding tert-OH is 1. The normalized spacial score (nSPS) is 17.3. The Bertz CT molecular complexity index is 265. The van der Waals surface area contributed by atoms with Gasteiger partial charge in [-0.05, 0) is 19.8 Å². The Morgan fingerprint density at radius 3 is 2.91 bits per heavy atom. The molecular formula is C7H11N3O. The van der Waals surface area contributed by atoms with Gasteiger partial charge < -0.3 is 5.11 Å². The molecule has 0 bridgehead atoms. The largest absolute Gasteiger partial charge is 0.388 e. The smallest absolute Gasteiger partial charge is 0.153 e. The van der Waals surface area contributed by atoms with Crippen molar-refractivity contribution < 1.29 is 5.11 Å². The molecule has 1 N–H and O–H groups in total. The van der Waals surface area contributed by atoms with Crippen molar-refractivity contribution in [2.24, 2.45) is 0 Å². The number of rotatable bonds is 2. The van der Waals surface area contributed by atoms with Crippen LogP contribution in [0, 0.1) is 6.92 Å². The summed E-state index contributed by atoms with van der Waals surface area (Å²) in [7, 11) is 0. The minimum Gasteiger partial charge on any atom is -0.388 e. The van der Waals surface area contributed by atoms with Crippen molar-refractivity contribution in [1.82, 2.24) is 14.8 Å². The van der Waals surface area contributed by atoms with E-state index in [1.165, 1.54) is 12.8 Å². The fourth-order valence-electron chi connectivity index (χ4n) is 1.19. The molecule has 2 rings (SSSR count). The van der Waals surface area contributed by atoms with Gasteiger partial charge in [-0.2, -0.15) is 5.10 Å². The number of aliphatic hydroxyl groups is 1. The van der Waals surface area contributed by atoms with Crippen LogP contribution in [-0.4, -0.2) is 19.9 Å². The van der Waals surface area contributed by atoms with Crippen LogP contribution in [0.25, 0.3) is 0 Å². The molecule has 4 heteroatoms. The number of aryl methyl sites for hydroxylation is 1. The molecule has 0 atom stereocenters. The third-order valence-corrected chi connectivity index (χ3v) is 1.84. The fourth-order valence-corrected chi connectivity index (χ4v) is 1.19. The van der Waals surface area contributed by atoms with Crippen molar-refractivity contribution in [2.75, 3.05) is 0 Å². The van der Waals surface area contributed by atoms with E-state index in [-0.39, 0.29) is 6.61 Å². The quantitative estimate of drug-likeness (QED) is 0.669. The maximum Gasteiger partial charge on any atom is 0.153 e. The molecule has 0 spiro atoms. The van der Waals surface area contributed by atoms with Crippen LogP contribution in [0.15, 0.2) is 0 Å². The Morgan fingerprint density at radius 2 is 2.36 bits per heavy atom. The number of hydrogen-bond acceptors (Lipinski definition) is 3. The van der Waals surface area contributed by atoms with E-state index in [1.54, 1.807) is 0 Å². The highest BCUT2D eigenvalue weighted by atomic mass is 16.3. The first-order valence-electron chi connectivity index (χ1n) is 3.84. The van der Waals surface area contributed by atoms with E-state index in [0.29, 0.717) is 11.9 Å². The molecule has 1 aliphatic carbocycles. The van der Waals surface area contributed by atoms with E-state index in [1.807, 2.05) is 11.6 Å². The van der Waals surface area contributed by atoms with Gasteiger partial charge in [0.1, 0.15) is 12.4 Å². The SMILES string of the molecule is Cc1nc(CO)n(C2CC2)n1. The molecular weight excluding hydrogens is 142 g/mol. The third kappa shape index (κ3) is 1.14. The molecule has 1 heterocycles. The summed E-state index contributed by atoms with van der Waals surface area (Å²) in [6.45, 7) is 1.84. The van der Waals surface area contributed by atoms with E-state index in [9.17, 15) is 0 Å². The lowest BCUT2D eigenvalue weighted by Gasteiger charge is -1.98. The van der Waals surface area contributed by atoms with E-state index in [4.69, 9.17) is 5.11 Å². The lowest BCUT2D eigenvalue weighted by molar-refractivity contribution is 0.262. The van der Waals surface area contributed by atoms with E-state index in [2.05, 4.69) is 10.1 Å². The summed E-state index contributed by atoms with van der Waals surface area (Å²) in [6, 6.07) is 0.512. The zero-order chi connectivity index (χ0) is 7.84. The van der Waals surface area contributed by atoms with Crippen LogP contribution in [-0.2, 0) is 6.61 Å². The Labute approximate surface area is 64.9 Å². The van der Waals surface area contributed by atoms with E-state index < -0.39 is 0 Å². The first kappa shape index (κ1) is 6.79. The predicted octanol–water partition coefficient (Wildman–Crippen LogP) is 0.414. The first-order valence-corrected chi connectivity index (χ1v) is 3.84. The Balaban J connectivity index is 2.34. The Morgan fingerprint density at radius 1 is 1.64 bits per heavy atom. The molecule has 0 amide bonds. The summed E-state index contributed by atoms with van der Waals surface area (Å²) >= 11 is 0. The van der Waals surface area contributed by atoms with E-state index >= 15 is 0 Å². The van der Waals surface area contributed by atoms with Gasteiger partial charge in [0.2, 0.25) is 0 Å². The molecule has 11 heavy (non-hydrogen) atoms. The summed E-state index contributed by atoms with van der Waals surface area (Å²) in [4.78, 5) is 4.09. The minimum absolute atomic E-state index is 0.00264. The average molecular weight is 153 g/mol. The molecule has 0 saturated heterocycles. The van der Waals surface area contributed by atoms with Crippen molar-refractivity contribution in [3.8, 4) is 0 Å². The highest BCUT2D eigenvalue weighted by molar-refractivity contribution is 4.95.